The number of nitrogens with zero attached hydrogens (tertiary/aromatic N) is 1. The Kier molecular flexibility index (Phi) is 11.0. The normalized spacial score (nSPS) is 15.3. The van der Waals surface area contributed by atoms with E-state index < -0.39 is 35.6 Å². The van der Waals surface area contributed by atoms with E-state index >= 15 is 0 Å². The average molecular weight is 671 g/mol. The Bertz CT molecular complexity index is 1790. The van der Waals surface area contributed by atoms with Crippen molar-refractivity contribution >= 4 is 47.0 Å². The molecule has 1 atom stereocenters. The molecule has 1 unspecified atom stereocenters. The Morgan fingerprint density at radius 1 is 0.857 bits per heavy atom. The SMILES string of the molecule is O=C(COc1ccc(CCNC(=O)c2cccc(C(=O)NO)c2)cc1)NCCCNc1cccc2c1C(=O)N(C1CCC(=O)NC1=O)C2=O. The molecule has 49 heavy (non-hydrogen) atoms. The molecule has 1 fully saturated rings. The molecule has 2 heterocycles. The van der Waals surface area contributed by atoms with Gasteiger partial charge in [0, 0.05) is 42.9 Å². The zero-order valence-corrected chi connectivity index (χ0v) is 26.2. The molecule has 6 N–H and O–H groups in total. The van der Waals surface area contributed by atoms with Gasteiger partial charge in [-0.2, -0.15) is 0 Å². The van der Waals surface area contributed by atoms with E-state index in [-0.39, 0.29) is 53.5 Å². The fraction of sp³-hybridized carbons (Fsp3) is 0.265. The highest BCUT2D eigenvalue weighted by molar-refractivity contribution is 6.25. The highest BCUT2D eigenvalue weighted by Gasteiger charge is 2.45. The van der Waals surface area contributed by atoms with Crippen molar-refractivity contribution in [1.82, 2.24) is 26.3 Å². The van der Waals surface area contributed by atoms with Gasteiger partial charge in [-0.3, -0.25) is 49.0 Å². The van der Waals surface area contributed by atoms with Gasteiger partial charge in [0.05, 0.1) is 11.1 Å². The second-order valence-corrected chi connectivity index (χ2v) is 11.3. The van der Waals surface area contributed by atoms with Gasteiger partial charge in [-0.05, 0) is 67.3 Å². The summed E-state index contributed by atoms with van der Waals surface area (Å²) < 4.78 is 5.57. The fourth-order valence-corrected chi connectivity index (χ4v) is 5.44. The highest BCUT2D eigenvalue weighted by atomic mass is 16.5. The van der Waals surface area contributed by atoms with Gasteiger partial charge in [0.15, 0.2) is 6.61 Å². The number of fused-ring (bicyclic) bond motifs is 1. The van der Waals surface area contributed by atoms with Crippen LogP contribution in [0.15, 0.2) is 66.7 Å². The molecule has 5 rings (SSSR count). The van der Waals surface area contributed by atoms with Crippen LogP contribution >= 0.6 is 0 Å². The molecule has 15 nitrogen and oxygen atoms in total. The molecule has 7 amide bonds. The van der Waals surface area contributed by atoms with E-state index in [0.29, 0.717) is 43.9 Å². The number of anilines is 1. The van der Waals surface area contributed by atoms with Gasteiger partial charge in [-0.25, -0.2) is 5.48 Å². The molecule has 0 saturated carbocycles. The molecule has 3 aromatic rings. The average Bonchev–Trinajstić information content (AvgIpc) is 3.36. The number of hydrogen-bond acceptors (Lipinski definition) is 10. The number of amides is 7. The monoisotopic (exact) mass is 670 g/mol. The summed E-state index contributed by atoms with van der Waals surface area (Å²) >= 11 is 0. The van der Waals surface area contributed by atoms with E-state index in [1.165, 1.54) is 23.7 Å². The van der Waals surface area contributed by atoms with E-state index in [4.69, 9.17) is 9.94 Å². The molecule has 1 saturated heterocycles. The number of carbonyl (C=O) groups excluding carboxylic acids is 7. The number of ether oxygens (including phenoxy) is 1. The molecular weight excluding hydrogens is 636 g/mol. The molecule has 0 bridgehead atoms. The summed E-state index contributed by atoms with van der Waals surface area (Å²) in [6.45, 7) is 0.847. The second-order valence-electron chi connectivity index (χ2n) is 11.3. The molecule has 0 radical (unpaired) electrons. The summed E-state index contributed by atoms with van der Waals surface area (Å²) in [7, 11) is 0. The molecule has 2 aliphatic rings. The minimum atomic E-state index is -1.05. The van der Waals surface area contributed by atoms with Crippen LogP contribution in [0.4, 0.5) is 5.69 Å². The lowest BCUT2D eigenvalue weighted by Crippen LogP contribution is -2.54. The molecule has 0 aromatic heterocycles. The first-order chi connectivity index (χ1) is 23.7. The van der Waals surface area contributed by atoms with Crippen LogP contribution in [0, 0.1) is 0 Å². The lowest BCUT2D eigenvalue weighted by atomic mass is 10.0. The lowest BCUT2D eigenvalue weighted by Gasteiger charge is -2.27. The number of benzene rings is 3. The third-order valence-corrected chi connectivity index (χ3v) is 7.94. The van der Waals surface area contributed by atoms with Gasteiger partial charge in [0.2, 0.25) is 11.8 Å². The van der Waals surface area contributed by atoms with Crippen LogP contribution in [-0.2, 0) is 20.8 Å². The number of carbonyl (C=O) groups is 7. The van der Waals surface area contributed by atoms with Crippen LogP contribution in [0.2, 0.25) is 0 Å². The molecule has 0 aliphatic carbocycles. The molecule has 15 heteroatoms. The Balaban J connectivity index is 0.996. The molecule has 0 spiro atoms. The van der Waals surface area contributed by atoms with E-state index in [9.17, 15) is 33.6 Å². The van der Waals surface area contributed by atoms with Gasteiger partial charge in [0.25, 0.3) is 29.5 Å². The first kappa shape index (κ1) is 34.3. The van der Waals surface area contributed by atoms with Crippen LogP contribution in [0.5, 0.6) is 5.75 Å². The van der Waals surface area contributed by atoms with Crippen molar-refractivity contribution in [3.63, 3.8) is 0 Å². The largest absolute Gasteiger partial charge is 0.484 e. The first-order valence-corrected chi connectivity index (χ1v) is 15.6. The minimum Gasteiger partial charge on any atom is -0.484 e. The van der Waals surface area contributed by atoms with Crippen LogP contribution in [0.1, 0.15) is 66.3 Å². The van der Waals surface area contributed by atoms with Gasteiger partial charge in [-0.15, -0.1) is 0 Å². The predicted octanol–water partition coefficient (Wildman–Crippen LogP) is 1.18. The number of nitrogens with one attached hydrogen (secondary N) is 5. The summed E-state index contributed by atoms with van der Waals surface area (Å²) in [5, 5.41) is 19.6. The maximum absolute atomic E-state index is 13.2. The van der Waals surface area contributed by atoms with Crippen molar-refractivity contribution in [2.45, 2.75) is 31.7 Å². The van der Waals surface area contributed by atoms with Crippen molar-refractivity contribution in [3.05, 3.63) is 94.5 Å². The Morgan fingerprint density at radius 2 is 1.59 bits per heavy atom. The van der Waals surface area contributed by atoms with Crippen LogP contribution in [-0.4, -0.2) is 83.7 Å². The zero-order chi connectivity index (χ0) is 34.9. The quantitative estimate of drug-likeness (QED) is 0.0624. The van der Waals surface area contributed by atoms with Gasteiger partial charge in [0.1, 0.15) is 11.8 Å². The highest BCUT2D eigenvalue weighted by Crippen LogP contribution is 2.32. The van der Waals surface area contributed by atoms with Crippen molar-refractivity contribution in [2.24, 2.45) is 0 Å². The van der Waals surface area contributed by atoms with Crippen LogP contribution in [0.3, 0.4) is 0 Å². The second kappa shape index (κ2) is 15.7. The number of hydroxylamine groups is 1. The number of piperidine rings is 1. The Morgan fingerprint density at radius 3 is 2.33 bits per heavy atom. The summed E-state index contributed by atoms with van der Waals surface area (Å²) in [6.07, 6.45) is 1.15. The maximum atomic E-state index is 13.2. The van der Waals surface area contributed by atoms with E-state index in [1.807, 2.05) is 12.1 Å². The summed E-state index contributed by atoms with van der Waals surface area (Å²) in [6, 6.07) is 16.8. The molecular formula is C34H34N6O9. The summed E-state index contributed by atoms with van der Waals surface area (Å²) in [5.41, 5.74) is 3.69. The van der Waals surface area contributed by atoms with Crippen molar-refractivity contribution in [3.8, 4) is 5.75 Å². The maximum Gasteiger partial charge on any atom is 0.274 e. The topological polar surface area (TPSA) is 212 Å². The standard InChI is InChI=1S/C34H34N6O9/c41-27-13-12-26(32(45)38-27)40-33(46)24-6-2-7-25(29(24)34(40)47)35-15-3-16-36-28(42)19-49-23-10-8-20(9-11-23)14-17-37-30(43)21-4-1-5-22(18-21)31(44)39-48/h1-2,4-11,18,26,35,48H,3,12-17,19H2,(H,36,42)(H,37,43)(H,39,44)(H,38,41,45). The lowest BCUT2D eigenvalue weighted by molar-refractivity contribution is -0.136. The van der Waals surface area contributed by atoms with Gasteiger partial charge >= 0.3 is 0 Å². The zero-order valence-electron chi connectivity index (χ0n) is 26.2. The Labute approximate surface area is 280 Å². The first-order valence-electron chi connectivity index (χ1n) is 15.6. The van der Waals surface area contributed by atoms with Crippen molar-refractivity contribution in [2.75, 3.05) is 31.6 Å². The van der Waals surface area contributed by atoms with E-state index in [1.54, 1.807) is 36.4 Å². The van der Waals surface area contributed by atoms with Crippen LogP contribution in [0.25, 0.3) is 0 Å². The number of hydrogen-bond donors (Lipinski definition) is 6. The van der Waals surface area contributed by atoms with E-state index in [0.717, 1.165) is 10.5 Å². The predicted molar refractivity (Wildman–Crippen MR) is 173 cm³/mol. The molecule has 3 aromatic carbocycles. The fourth-order valence-electron chi connectivity index (χ4n) is 5.44. The number of rotatable bonds is 14. The van der Waals surface area contributed by atoms with Crippen molar-refractivity contribution in [1.29, 1.82) is 0 Å². The summed E-state index contributed by atoms with van der Waals surface area (Å²) in [4.78, 5) is 87.2. The molecule has 254 valence electrons. The third kappa shape index (κ3) is 8.26. The smallest absolute Gasteiger partial charge is 0.274 e. The Hall–Kier alpha value is -6.09. The number of imide groups is 2. The summed E-state index contributed by atoms with van der Waals surface area (Å²) in [5.74, 6) is -3.20. The van der Waals surface area contributed by atoms with Crippen molar-refractivity contribution < 1.29 is 43.5 Å². The minimum absolute atomic E-state index is 0.0381. The molecule has 2 aliphatic heterocycles. The van der Waals surface area contributed by atoms with Crippen LogP contribution < -0.4 is 31.5 Å². The third-order valence-electron chi connectivity index (χ3n) is 7.94. The van der Waals surface area contributed by atoms with Gasteiger partial charge < -0.3 is 20.7 Å². The van der Waals surface area contributed by atoms with Gasteiger partial charge in [-0.1, -0.05) is 24.3 Å². The van der Waals surface area contributed by atoms with E-state index in [2.05, 4.69) is 21.3 Å².